The van der Waals surface area contributed by atoms with Crippen LogP contribution in [0.4, 0.5) is 5.69 Å². The number of hydrogen-bond donors (Lipinski definition) is 0. The molecule has 2 aromatic rings. The maximum atomic E-state index is 12.7. The topological polar surface area (TPSA) is 63.7 Å². The first-order valence-electron chi connectivity index (χ1n) is 9.09. The summed E-state index contributed by atoms with van der Waals surface area (Å²) in [6.07, 6.45) is 5.07. The van der Waals surface area contributed by atoms with E-state index in [9.17, 15) is 14.4 Å². The smallest absolute Gasteiger partial charge is 0.338 e. The Morgan fingerprint density at radius 2 is 1.64 bits per heavy atom. The molecule has 1 heterocycles. The molecule has 5 nitrogen and oxygen atoms in total. The molecule has 0 radical (unpaired) electrons. The van der Waals surface area contributed by atoms with Crippen molar-refractivity contribution in [3.8, 4) is 0 Å². The molecule has 0 aromatic heterocycles. The molecule has 2 aliphatic rings. The third-order valence-corrected chi connectivity index (χ3v) is 5.66. The monoisotopic (exact) mass is 439 g/mol. The number of carbonyl (C=O) groups is 3. The van der Waals surface area contributed by atoms with Crippen molar-refractivity contribution in [3.05, 3.63) is 76.3 Å². The van der Waals surface area contributed by atoms with Crippen LogP contribution < -0.4 is 4.90 Å². The number of anilines is 1. The van der Waals surface area contributed by atoms with Gasteiger partial charge < -0.3 is 4.74 Å². The van der Waals surface area contributed by atoms with Crippen LogP contribution in [0.2, 0.25) is 0 Å². The molecule has 0 spiro atoms. The van der Waals surface area contributed by atoms with Gasteiger partial charge in [0.15, 0.2) is 0 Å². The molecule has 4 rings (SSSR count). The molecule has 1 fully saturated rings. The average molecular weight is 440 g/mol. The van der Waals surface area contributed by atoms with Crippen molar-refractivity contribution in [1.82, 2.24) is 0 Å². The van der Waals surface area contributed by atoms with E-state index in [1.54, 1.807) is 24.3 Å². The summed E-state index contributed by atoms with van der Waals surface area (Å²) in [4.78, 5) is 39.1. The number of halogens is 1. The van der Waals surface area contributed by atoms with Crippen LogP contribution in [0.3, 0.4) is 0 Å². The van der Waals surface area contributed by atoms with Crippen LogP contribution in [-0.4, -0.2) is 17.8 Å². The summed E-state index contributed by atoms with van der Waals surface area (Å²) in [5, 5.41) is 0. The van der Waals surface area contributed by atoms with Crippen molar-refractivity contribution in [3.63, 3.8) is 0 Å². The summed E-state index contributed by atoms with van der Waals surface area (Å²) in [5.41, 5.74) is 1.60. The fourth-order valence-electron chi connectivity index (χ4n) is 3.64. The number of amides is 2. The minimum atomic E-state index is -0.497. The Balaban J connectivity index is 1.50. The molecule has 0 unspecified atom stereocenters. The van der Waals surface area contributed by atoms with E-state index in [1.165, 1.54) is 4.90 Å². The molecule has 6 heteroatoms. The van der Waals surface area contributed by atoms with Gasteiger partial charge in [-0.05, 0) is 48.7 Å². The fourth-order valence-corrected chi connectivity index (χ4v) is 3.90. The van der Waals surface area contributed by atoms with Crippen LogP contribution >= 0.6 is 15.9 Å². The number of allylic oxidation sites excluding steroid dienone is 2. The molecule has 0 saturated carbocycles. The van der Waals surface area contributed by atoms with Crippen molar-refractivity contribution in [2.45, 2.75) is 19.4 Å². The molecule has 1 aliphatic carbocycles. The standard InChI is InChI=1S/C22H18BrNO4/c23-16-10-8-14(9-11-16)13-28-22(27)15-4-3-5-17(12-15)24-20(25)18-6-1-2-7-19(18)21(24)26/h1-5,8-12,18-19H,6-7,13H2/t18-,19+. The first-order chi connectivity index (χ1) is 13.5. The second-order valence-corrected chi connectivity index (χ2v) is 7.84. The highest BCUT2D eigenvalue weighted by molar-refractivity contribution is 9.10. The largest absolute Gasteiger partial charge is 0.457 e. The van der Waals surface area contributed by atoms with E-state index in [0.29, 0.717) is 24.1 Å². The molecule has 28 heavy (non-hydrogen) atoms. The lowest BCUT2D eigenvalue weighted by Gasteiger charge is -2.15. The third kappa shape index (κ3) is 3.52. The highest BCUT2D eigenvalue weighted by atomic mass is 79.9. The zero-order valence-corrected chi connectivity index (χ0v) is 16.6. The lowest BCUT2D eigenvalue weighted by Crippen LogP contribution is -2.31. The van der Waals surface area contributed by atoms with Crippen LogP contribution in [0.1, 0.15) is 28.8 Å². The minimum absolute atomic E-state index is 0.147. The molecule has 2 aromatic carbocycles. The number of fused-ring (bicyclic) bond motifs is 1. The number of carbonyl (C=O) groups excluding carboxylic acids is 3. The summed E-state index contributed by atoms with van der Waals surface area (Å²) >= 11 is 3.36. The average Bonchev–Trinajstić information content (AvgIpc) is 2.98. The lowest BCUT2D eigenvalue weighted by atomic mass is 9.85. The van der Waals surface area contributed by atoms with Crippen molar-refractivity contribution >= 4 is 39.4 Å². The maximum Gasteiger partial charge on any atom is 0.338 e. The van der Waals surface area contributed by atoms with Gasteiger partial charge in [-0.15, -0.1) is 0 Å². The number of hydrogen-bond acceptors (Lipinski definition) is 4. The quantitative estimate of drug-likeness (QED) is 0.405. The zero-order chi connectivity index (χ0) is 19.7. The Bertz CT molecular complexity index is 941. The van der Waals surface area contributed by atoms with Crippen molar-refractivity contribution in [1.29, 1.82) is 0 Å². The van der Waals surface area contributed by atoms with Gasteiger partial charge >= 0.3 is 5.97 Å². The second kappa shape index (κ2) is 7.72. The van der Waals surface area contributed by atoms with Crippen LogP contribution in [0.5, 0.6) is 0 Å². The molecule has 0 N–H and O–H groups in total. The van der Waals surface area contributed by atoms with Gasteiger partial charge in [-0.25, -0.2) is 4.79 Å². The van der Waals surface area contributed by atoms with Gasteiger partial charge in [0.05, 0.1) is 23.1 Å². The summed E-state index contributed by atoms with van der Waals surface area (Å²) in [7, 11) is 0. The fraction of sp³-hybridized carbons (Fsp3) is 0.227. The predicted molar refractivity (Wildman–Crippen MR) is 108 cm³/mol. The summed E-state index contributed by atoms with van der Waals surface area (Å²) in [6, 6.07) is 14.0. The minimum Gasteiger partial charge on any atom is -0.457 e. The van der Waals surface area contributed by atoms with E-state index < -0.39 is 5.97 Å². The number of ether oxygens (including phenoxy) is 1. The third-order valence-electron chi connectivity index (χ3n) is 5.13. The molecular weight excluding hydrogens is 422 g/mol. The Labute approximate surface area is 171 Å². The molecule has 1 saturated heterocycles. The highest BCUT2D eigenvalue weighted by Crippen LogP contribution is 2.37. The molecular formula is C22H18BrNO4. The zero-order valence-electron chi connectivity index (χ0n) is 15.0. The van der Waals surface area contributed by atoms with Crippen LogP contribution in [0.25, 0.3) is 0 Å². The van der Waals surface area contributed by atoms with E-state index in [1.807, 2.05) is 36.4 Å². The normalized spacial score (nSPS) is 21.0. The van der Waals surface area contributed by atoms with Gasteiger partial charge in [-0.3, -0.25) is 14.5 Å². The van der Waals surface area contributed by atoms with E-state index in [4.69, 9.17) is 4.74 Å². The van der Waals surface area contributed by atoms with E-state index >= 15 is 0 Å². The SMILES string of the molecule is O=C(OCc1ccc(Br)cc1)c1cccc(N2C(=O)[C@H]3CC=CC[C@H]3C2=O)c1. The maximum absolute atomic E-state index is 12.7. The van der Waals surface area contributed by atoms with Crippen LogP contribution in [-0.2, 0) is 20.9 Å². The number of benzene rings is 2. The summed E-state index contributed by atoms with van der Waals surface area (Å²) in [6.45, 7) is 0.147. The molecule has 1 aliphatic heterocycles. The van der Waals surface area contributed by atoms with Gasteiger partial charge in [0.2, 0.25) is 11.8 Å². The van der Waals surface area contributed by atoms with Crippen LogP contribution in [0, 0.1) is 11.8 Å². The summed E-state index contributed by atoms with van der Waals surface area (Å²) in [5.74, 6) is -1.49. The van der Waals surface area contributed by atoms with Crippen molar-refractivity contribution in [2.75, 3.05) is 4.90 Å². The van der Waals surface area contributed by atoms with E-state index in [-0.39, 0.29) is 30.3 Å². The van der Waals surface area contributed by atoms with Gasteiger partial charge in [0.25, 0.3) is 0 Å². The predicted octanol–water partition coefficient (Wildman–Crippen LogP) is 4.26. The first kappa shape index (κ1) is 18.6. The Hall–Kier alpha value is -2.73. The van der Waals surface area contributed by atoms with Gasteiger partial charge in [0.1, 0.15) is 6.61 Å². The molecule has 0 bridgehead atoms. The van der Waals surface area contributed by atoms with Gasteiger partial charge in [-0.2, -0.15) is 0 Å². The Morgan fingerprint density at radius 1 is 1.00 bits per heavy atom. The van der Waals surface area contributed by atoms with E-state index in [0.717, 1.165) is 10.0 Å². The number of imide groups is 1. The molecule has 2 amide bonds. The molecule has 2 atom stereocenters. The van der Waals surface area contributed by atoms with E-state index in [2.05, 4.69) is 15.9 Å². The Morgan fingerprint density at radius 3 is 2.29 bits per heavy atom. The van der Waals surface area contributed by atoms with Crippen LogP contribution in [0.15, 0.2) is 65.2 Å². The number of nitrogens with zero attached hydrogens (tertiary/aromatic N) is 1. The highest BCUT2D eigenvalue weighted by Gasteiger charge is 2.47. The van der Waals surface area contributed by atoms with Crippen molar-refractivity contribution in [2.24, 2.45) is 11.8 Å². The number of rotatable bonds is 4. The number of esters is 1. The van der Waals surface area contributed by atoms with Crippen molar-refractivity contribution < 1.29 is 19.1 Å². The Kier molecular flexibility index (Phi) is 5.13. The lowest BCUT2D eigenvalue weighted by molar-refractivity contribution is -0.122. The summed E-state index contributed by atoms with van der Waals surface area (Å²) < 4.78 is 6.32. The second-order valence-electron chi connectivity index (χ2n) is 6.92. The first-order valence-corrected chi connectivity index (χ1v) is 9.88. The van der Waals surface area contributed by atoms with Gasteiger partial charge in [0, 0.05) is 4.47 Å². The van der Waals surface area contributed by atoms with Gasteiger partial charge in [-0.1, -0.05) is 46.3 Å². The molecule has 142 valence electrons.